The number of Topliss-reactive ketones (excluding diaryl/α,β-unsaturated/α-hetero) is 1. The number of benzene rings is 1. The summed E-state index contributed by atoms with van der Waals surface area (Å²) in [6.07, 6.45) is 3.08. The topological polar surface area (TPSA) is 119 Å². The fourth-order valence-electron chi connectivity index (χ4n) is 3.93. The summed E-state index contributed by atoms with van der Waals surface area (Å²) in [6, 6.07) is 7.39. The van der Waals surface area contributed by atoms with Gasteiger partial charge in [-0.3, -0.25) is 19.5 Å². The number of hydrogen-bond acceptors (Lipinski definition) is 9. The van der Waals surface area contributed by atoms with Crippen LogP contribution in [0.2, 0.25) is 0 Å². The monoisotopic (exact) mass is 493 g/mol. The Morgan fingerprint density at radius 1 is 1.23 bits per heavy atom. The fraction of sp³-hybridized carbons (Fsp3) is 0.240. The lowest BCUT2D eigenvalue weighted by Gasteiger charge is -2.22. The maximum absolute atomic E-state index is 13.3. The molecule has 2 aromatic heterocycles. The lowest BCUT2D eigenvalue weighted by Crippen LogP contribution is -2.29. The number of amides is 1. The number of methoxy groups -OCH3 is 1. The maximum Gasteiger partial charge on any atom is 0.350 e. The number of hydrogen-bond donors (Lipinski definition) is 1. The van der Waals surface area contributed by atoms with Gasteiger partial charge < -0.3 is 14.6 Å². The second kappa shape index (κ2) is 9.67. The molecule has 1 atom stereocenters. The van der Waals surface area contributed by atoms with Gasteiger partial charge in [0.2, 0.25) is 0 Å². The second-order valence-electron chi connectivity index (χ2n) is 7.77. The van der Waals surface area contributed by atoms with E-state index in [0.29, 0.717) is 28.1 Å². The minimum absolute atomic E-state index is 0.0956. The van der Waals surface area contributed by atoms with E-state index in [4.69, 9.17) is 9.47 Å². The number of ether oxygens (including phenoxy) is 2. The number of aliphatic hydroxyl groups excluding tert-OH is 1. The molecule has 1 aliphatic heterocycles. The number of esters is 1. The summed E-state index contributed by atoms with van der Waals surface area (Å²) in [5, 5.41) is 11.4. The quantitative estimate of drug-likeness (QED) is 0.237. The predicted molar refractivity (Wildman–Crippen MR) is 130 cm³/mol. The number of pyridine rings is 1. The normalized spacial score (nSPS) is 17.0. The van der Waals surface area contributed by atoms with Crippen LogP contribution < -0.4 is 9.64 Å². The Morgan fingerprint density at radius 2 is 2.00 bits per heavy atom. The van der Waals surface area contributed by atoms with Gasteiger partial charge in [0.25, 0.3) is 5.78 Å². The zero-order valence-corrected chi connectivity index (χ0v) is 20.4. The van der Waals surface area contributed by atoms with Crippen molar-refractivity contribution >= 4 is 39.9 Å². The van der Waals surface area contributed by atoms with Gasteiger partial charge in [-0.05, 0) is 56.2 Å². The van der Waals surface area contributed by atoms with E-state index >= 15 is 0 Å². The molecule has 35 heavy (non-hydrogen) atoms. The first-order valence-corrected chi connectivity index (χ1v) is 11.6. The first-order valence-electron chi connectivity index (χ1n) is 10.8. The Hall–Kier alpha value is -4.05. The highest BCUT2D eigenvalue weighted by Gasteiger charge is 2.48. The van der Waals surface area contributed by atoms with Crippen molar-refractivity contribution in [3.05, 3.63) is 75.6 Å². The van der Waals surface area contributed by atoms with Crippen molar-refractivity contribution in [3.63, 3.8) is 0 Å². The molecule has 10 heteroatoms. The molecule has 0 aliphatic carbocycles. The third kappa shape index (κ3) is 4.28. The number of rotatable bonds is 6. The smallest absolute Gasteiger partial charge is 0.350 e. The highest BCUT2D eigenvalue weighted by molar-refractivity contribution is 7.17. The van der Waals surface area contributed by atoms with Gasteiger partial charge in [-0.25, -0.2) is 9.78 Å². The van der Waals surface area contributed by atoms with E-state index in [-0.39, 0.29) is 27.9 Å². The van der Waals surface area contributed by atoms with Crippen LogP contribution in [0.3, 0.4) is 0 Å². The van der Waals surface area contributed by atoms with Gasteiger partial charge in [0.15, 0.2) is 5.13 Å². The molecule has 1 aromatic carbocycles. The molecule has 9 nitrogen and oxygen atoms in total. The Kier molecular flexibility index (Phi) is 6.65. The van der Waals surface area contributed by atoms with Crippen LogP contribution in [0.15, 0.2) is 48.3 Å². The van der Waals surface area contributed by atoms with E-state index in [1.54, 1.807) is 57.3 Å². The van der Waals surface area contributed by atoms with Crippen molar-refractivity contribution in [1.29, 1.82) is 0 Å². The molecule has 0 bridgehead atoms. The van der Waals surface area contributed by atoms with Crippen molar-refractivity contribution < 1.29 is 29.0 Å². The van der Waals surface area contributed by atoms with E-state index in [1.165, 1.54) is 18.2 Å². The highest BCUT2D eigenvalue weighted by Crippen LogP contribution is 2.44. The van der Waals surface area contributed by atoms with Crippen LogP contribution in [0.25, 0.3) is 5.76 Å². The minimum Gasteiger partial charge on any atom is -0.507 e. The van der Waals surface area contributed by atoms with E-state index in [2.05, 4.69) is 9.97 Å². The zero-order valence-electron chi connectivity index (χ0n) is 19.6. The Balaban J connectivity index is 1.91. The second-order valence-corrected chi connectivity index (χ2v) is 8.75. The van der Waals surface area contributed by atoms with Gasteiger partial charge >= 0.3 is 11.9 Å². The van der Waals surface area contributed by atoms with Crippen LogP contribution in [0, 0.1) is 13.8 Å². The first kappa shape index (κ1) is 24.1. The Labute approximate surface area is 205 Å². The molecule has 0 spiro atoms. The SMILES string of the molecule is CCOC(=O)c1sc(N2C(=O)C(=O)/C(=C(/O)c3ccc(OC)cc3C)C2c2cccnc2)nc1C. The fourth-order valence-corrected chi connectivity index (χ4v) is 4.92. The van der Waals surface area contributed by atoms with E-state index in [0.717, 1.165) is 11.3 Å². The van der Waals surface area contributed by atoms with E-state index in [1.807, 2.05) is 0 Å². The lowest BCUT2D eigenvalue weighted by molar-refractivity contribution is -0.132. The number of carbonyl (C=O) groups is 3. The Bertz CT molecular complexity index is 1350. The standard InChI is InChI=1S/C25H23N3O6S/c1-5-34-24(32)22-14(3)27-25(35-22)28-19(15-7-6-10-26-12-15)18(21(30)23(28)31)20(29)17-9-8-16(33-4)11-13(17)2/h6-12,19,29H,5H2,1-4H3/b20-18+. The summed E-state index contributed by atoms with van der Waals surface area (Å²) in [4.78, 5) is 48.9. The molecular weight excluding hydrogens is 470 g/mol. The average molecular weight is 494 g/mol. The highest BCUT2D eigenvalue weighted by atomic mass is 32.1. The number of aryl methyl sites for hydroxylation is 2. The largest absolute Gasteiger partial charge is 0.507 e. The van der Waals surface area contributed by atoms with Crippen molar-refractivity contribution in [2.24, 2.45) is 0 Å². The molecule has 3 aromatic rings. The molecule has 0 radical (unpaired) electrons. The van der Waals surface area contributed by atoms with Crippen LogP contribution in [0.4, 0.5) is 5.13 Å². The average Bonchev–Trinajstić information content (AvgIpc) is 3.36. The van der Waals surface area contributed by atoms with Crippen molar-refractivity contribution in [3.8, 4) is 5.75 Å². The summed E-state index contributed by atoms with van der Waals surface area (Å²) in [7, 11) is 1.53. The van der Waals surface area contributed by atoms with Gasteiger partial charge in [0.05, 0.1) is 31.0 Å². The van der Waals surface area contributed by atoms with Crippen molar-refractivity contribution in [2.75, 3.05) is 18.6 Å². The first-order chi connectivity index (χ1) is 16.8. The van der Waals surface area contributed by atoms with Crippen LogP contribution >= 0.6 is 11.3 Å². The summed E-state index contributed by atoms with van der Waals surface area (Å²) in [5.41, 5.74) is 1.83. The number of carbonyl (C=O) groups excluding carboxylic acids is 3. The molecule has 180 valence electrons. The number of thiazole rings is 1. The van der Waals surface area contributed by atoms with Gasteiger partial charge in [0, 0.05) is 18.0 Å². The zero-order chi connectivity index (χ0) is 25.3. The predicted octanol–water partition coefficient (Wildman–Crippen LogP) is 3.97. The lowest BCUT2D eigenvalue weighted by atomic mass is 9.95. The summed E-state index contributed by atoms with van der Waals surface area (Å²) in [5.74, 6) is -2.02. The molecule has 1 fully saturated rings. The third-order valence-corrected chi connectivity index (χ3v) is 6.72. The number of aromatic nitrogens is 2. The number of ketones is 1. The van der Waals surface area contributed by atoms with Gasteiger partial charge in [-0.1, -0.05) is 17.4 Å². The summed E-state index contributed by atoms with van der Waals surface area (Å²) < 4.78 is 10.3. The van der Waals surface area contributed by atoms with Crippen molar-refractivity contribution in [2.45, 2.75) is 26.8 Å². The van der Waals surface area contributed by atoms with E-state index in [9.17, 15) is 19.5 Å². The minimum atomic E-state index is -0.995. The number of nitrogens with zero attached hydrogens (tertiary/aromatic N) is 3. The van der Waals surface area contributed by atoms with Gasteiger partial charge in [-0.15, -0.1) is 0 Å². The molecule has 1 unspecified atom stereocenters. The Morgan fingerprint density at radius 3 is 2.63 bits per heavy atom. The van der Waals surface area contributed by atoms with Crippen LogP contribution in [0.1, 0.15) is 45.0 Å². The van der Waals surface area contributed by atoms with E-state index < -0.39 is 23.7 Å². The molecule has 1 N–H and O–H groups in total. The van der Waals surface area contributed by atoms with Crippen LogP contribution in [-0.2, 0) is 14.3 Å². The molecule has 4 rings (SSSR count). The third-order valence-electron chi connectivity index (χ3n) is 5.59. The maximum atomic E-state index is 13.3. The summed E-state index contributed by atoms with van der Waals surface area (Å²) in [6.45, 7) is 5.27. The van der Waals surface area contributed by atoms with Gasteiger partial charge in [0.1, 0.15) is 16.4 Å². The van der Waals surface area contributed by atoms with Crippen LogP contribution in [-0.4, -0.2) is 46.5 Å². The number of aliphatic hydroxyl groups is 1. The molecule has 0 saturated carbocycles. The van der Waals surface area contributed by atoms with Crippen LogP contribution in [0.5, 0.6) is 5.75 Å². The molecule has 3 heterocycles. The van der Waals surface area contributed by atoms with Crippen molar-refractivity contribution in [1.82, 2.24) is 9.97 Å². The molecule has 1 aliphatic rings. The number of anilines is 1. The summed E-state index contributed by atoms with van der Waals surface area (Å²) >= 11 is 0.953. The molecular formula is C25H23N3O6S. The molecule has 1 amide bonds. The molecule has 1 saturated heterocycles. The van der Waals surface area contributed by atoms with Gasteiger partial charge in [-0.2, -0.15) is 0 Å².